The molecule has 0 bridgehead atoms. The number of pyridine rings is 1. The van der Waals surface area contributed by atoms with E-state index in [1.165, 1.54) is 6.20 Å². The van der Waals surface area contributed by atoms with Crippen LogP contribution in [0.3, 0.4) is 0 Å². The van der Waals surface area contributed by atoms with E-state index < -0.39 is 7.12 Å². The van der Waals surface area contributed by atoms with Gasteiger partial charge in [0.15, 0.2) is 0 Å². The Balaban J connectivity index is 0.000001000. The normalized spacial score (nSPS) is 8.64. The van der Waals surface area contributed by atoms with Crippen LogP contribution in [-0.2, 0) is 0 Å². The third kappa shape index (κ3) is 2.74. The summed E-state index contributed by atoms with van der Waals surface area (Å²) >= 11 is 0. The van der Waals surface area contributed by atoms with Crippen molar-refractivity contribution in [2.75, 3.05) is 0 Å². The molecule has 0 aromatic carbocycles. The largest absolute Gasteiger partial charge is 0.490 e. The molecule has 2 N–H and O–H groups in total. The van der Waals surface area contributed by atoms with Gasteiger partial charge in [0.05, 0.1) is 0 Å². The Hall–Kier alpha value is -0.800. The SMILES string of the molecule is Cc1ccc(B(O)O)cn1.[BH]. The molecule has 0 saturated carbocycles. The zero-order chi connectivity index (χ0) is 7.56. The average molecular weight is 149 g/mol. The van der Waals surface area contributed by atoms with Crippen molar-refractivity contribution in [1.82, 2.24) is 4.98 Å². The van der Waals surface area contributed by atoms with Crippen LogP contribution in [0.25, 0.3) is 0 Å². The van der Waals surface area contributed by atoms with Crippen molar-refractivity contribution in [3.63, 3.8) is 0 Å². The van der Waals surface area contributed by atoms with E-state index in [4.69, 9.17) is 10.0 Å². The Kier molecular flexibility index (Phi) is 3.85. The number of hydrogen-bond donors (Lipinski definition) is 2. The first-order chi connectivity index (χ1) is 4.70. The molecule has 3 nitrogen and oxygen atoms in total. The van der Waals surface area contributed by atoms with Gasteiger partial charge in [-0.15, -0.1) is 0 Å². The van der Waals surface area contributed by atoms with Gasteiger partial charge in [0.1, 0.15) is 0 Å². The van der Waals surface area contributed by atoms with Crippen molar-refractivity contribution in [2.45, 2.75) is 6.92 Å². The fourth-order valence-corrected chi connectivity index (χ4v) is 0.632. The Labute approximate surface area is 67.8 Å². The number of aromatic nitrogens is 1. The molecule has 1 aromatic rings. The zero-order valence-electron chi connectivity index (χ0n) is 6.36. The molecule has 5 heteroatoms. The number of nitrogens with zero attached hydrogens (tertiary/aromatic N) is 1. The molecule has 2 radical (unpaired) electrons. The van der Waals surface area contributed by atoms with Crippen LogP contribution < -0.4 is 5.46 Å². The molecule has 0 aliphatic rings. The molecule has 0 fully saturated rings. The van der Waals surface area contributed by atoms with Gasteiger partial charge in [0, 0.05) is 25.8 Å². The summed E-state index contributed by atoms with van der Waals surface area (Å²) in [6.45, 7) is 1.84. The predicted octanol–water partition coefficient (Wildman–Crippen LogP) is -1.58. The summed E-state index contributed by atoms with van der Waals surface area (Å²) in [4.78, 5) is 3.88. The van der Waals surface area contributed by atoms with Crippen LogP contribution >= 0.6 is 0 Å². The number of hydrogen-bond acceptors (Lipinski definition) is 3. The maximum atomic E-state index is 8.63. The summed E-state index contributed by atoms with van der Waals surface area (Å²) in [6, 6.07) is 3.36. The summed E-state index contributed by atoms with van der Waals surface area (Å²) in [7, 11) is -1.41. The van der Waals surface area contributed by atoms with Crippen molar-refractivity contribution in [3.05, 3.63) is 24.0 Å². The first kappa shape index (κ1) is 10.2. The minimum Gasteiger partial charge on any atom is -0.423 e. The molecule has 0 saturated heterocycles. The minimum atomic E-state index is -1.41. The highest BCUT2D eigenvalue weighted by atomic mass is 16.4. The van der Waals surface area contributed by atoms with Gasteiger partial charge in [-0.1, -0.05) is 6.07 Å². The molecule has 0 aliphatic carbocycles. The summed E-state index contributed by atoms with van der Waals surface area (Å²) in [5, 5.41) is 17.3. The minimum absolute atomic E-state index is 0. The molecule has 0 spiro atoms. The van der Waals surface area contributed by atoms with Crippen molar-refractivity contribution >= 4 is 21.0 Å². The summed E-state index contributed by atoms with van der Waals surface area (Å²) in [5.74, 6) is 0. The fourth-order valence-electron chi connectivity index (χ4n) is 0.632. The van der Waals surface area contributed by atoms with E-state index in [-0.39, 0.29) is 8.41 Å². The second kappa shape index (κ2) is 4.16. The highest BCUT2D eigenvalue weighted by Gasteiger charge is 2.09. The average Bonchev–Trinajstić information content (AvgIpc) is 1.88. The highest BCUT2D eigenvalue weighted by Crippen LogP contribution is 1.86. The van der Waals surface area contributed by atoms with Crippen molar-refractivity contribution in [1.29, 1.82) is 0 Å². The molecular weight excluding hydrogens is 140 g/mol. The third-order valence-electron chi connectivity index (χ3n) is 1.23. The molecule has 1 heterocycles. The first-order valence-corrected chi connectivity index (χ1v) is 2.99. The van der Waals surface area contributed by atoms with E-state index in [2.05, 4.69) is 4.98 Å². The molecule has 11 heavy (non-hydrogen) atoms. The maximum Gasteiger partial charge on any atom is 0.490 e. The molecule has 0 aliphatic heterocycles. The molecule has 56 valence electrons. The quantitative estimate of drug-likeness (QED) is 0.473. The number of rotatable bonds is 1. The molecule has 1 aromatic heterocycles. The molecule has 0 unspecified atom stereocenters. The lowest BCUT2D eigenvalue weighted by Gasteiger charge is -1.96. The lowest BCUT2D eigenvalue weighted by atomic mass is 9.82. The van der Waals surface area contributed by atoms with Crippen molar-refractivity contribution < 1.29 is 10.0 Å². The first-order valence-electron chi connectivity index (χ1n) is 2.99. The predicted molar refractivity (Wildman–Crippen MR) is 45.9 cm³/mol. The molecule has 0 atom stereocenters. The van der Waals surface area contributed by atoms with Gasteiger partial charge in [-0.2, -0.15) is 0 Å². The highest BCUT2D eigenvalue weighted by molar-refractivity contribution is 6.58. The standard InChI is InChI=1S/C6H8BNO2.BH/c1-5-2-3-6(4-8-5)7(9)10;/h2-4,9-10H,1H3;1H. The third-order valence-corrected chi connectivity index (χ3v) is 1.23. The second-order valence-corrected chi connectivity index (χ2v) is 2.11. The Morgan fingerprint density at radius 1 is 1.36 bits per heavy atom. The summed E-state index contributed by atoms with van der Waals surface area (Å²) in [6.07, 6.45) is 1.44. The van der Waals surface area contributed by atoms with Crippen LogP contribution in [0.2, 0.25) is 0 Å². The molecule has 1 rings (SSSR count). The zero-order valence-corrected chi connectivity index (χ0v) is 6.36. The van der Waals surface area contributed by atoms with Crippen molar-refractivity contribution in [2.24, 2.45) is 0 Å². The van der Waals surface area contributed by atoms with E-state index in [1.54, 1.807) is 12.1 Å². The van der Waals surface area contributed by atoms with Gasteiger partial charge >= 0.3 is 7.12 Å². The maximum absolute atomic E-state index is 8.63. The Bertz CT molecular complexity index is 212. The van der Waals surface area contributed by atoms with E-state index in [0.29, 0.717) is 5.46 Å². The van der Waals surface area contributed by atoms with Gasteiger partial charge < -0.3 is 10.0 Å². The van der Waals surface area contributed by atoms with Crippen LogP contribution in [0.4, 0.5) is 0 Å². The van der Waals surface area contributed by atoms with Crippen LogP contribution in [0.5, 0.6) is 0 Å². The van der Waals surface area contributed by atoms with E-state index in [9.17, 15) is 0 Å². The Morgan fingerprint density at radius 3 is 2.36 bits per heavy atom. The van der Waals surface area contributed by atoms with Gasteiger partial charge in [0.2, 0.25) is 0 Å². The summed E-state index contributed by atoms with van der Waals surface area (Å²) < 4.78 is 0. The van der Waals surface area contributed by atoms with Crippen LogP contribution in [-0.4, -0.2) is 30.6 Å². The second-order valence-electron chi connectivity index (χ2n) is 2.11. The van der Waals surface area contributed by atoms with E-state index >= 15 is 0 Å². The van der Waals surface area contributed by atoms with Gasteiger partial charge in [-0.05, 0) is 13.0 Å². The van der Waals surface area contributed by atoms with Gasteiger partial charge in [-0.25, -0.2) is 0 Å². The van der Waals surface area contributed by atoms with Gasteiger partial charge in [0.25, 0.3) is 0 Å². The van der Waals surface area contributed by atoms with Crippen LogP contribution in [0.1, 0.15) is 5.69 Å². The van der Waals surface area contributed by atoms with E-state index in [0.717, 1.165) is 5.69 Å². The van der Waals surface area contributed by atoms with Crippen LogP contribution in [0.15, 0.2) is 18.3 Å². The van der Waals surface area contributed by atoms with Crippen LogP contribution in [0, 0.1) is 6.92 Å². The lowest BCUT2D eigenvalue weighted by Crippen LogP contribution is -2.29. The molecular formula is C6H9B2NO2. The van der Waals surface area contributed by atoms with Gasteiger partial charge in [-0.3, -0.25) is 4.98 Å². The summed E-state index contributed by atoms with van der Waals surface area (Å²) in [5.41, 5.74) is 1.29. The monoisotopic (exact) mass is 149 g/mol. The Morgan fingerprint density at radius 2 is 2.00 bits per heavy atom. The smallest absolute Gasteiger partial charge is 0.423 e. The topological polar surface area (TPSA) is 53.4 Å². The molecule has 0 amide bonds. The van der Waals surface area contributed by atoms with Crippen molar-refractivity contribution in [3.8, 4) is 0 Å². The number of aryl methyl sites for hydroxylation is 1. The van der Waals surface area contributed by atoms with E-state index in [1.807, 2.05) is 6.92 Å². The fraction of sp³-hybridized carbons (Fsp3) is 0.167. The lowest BCUT2D eigenvalue weighted by molar-refractivity contribution is 0.425.